The number of fused-ring (bicyclic) bond motifs is 3. The van der Waals surface area contributed by atoms with E-state index in [2.05, 4.69) is 15.3 Å². The maximum Gasteiger partial charge on any atom is 0.472 e. The SMILES string of the molecule is O=P1(O)OC[C@H]2O[C@@H](n3cc4c5c(ncnc53)NCCC4)[C@H](O)[C@@H]2OP(O)(=S)OC[C@H]2O[C@@H](I)[C@H](O1)[C@@H]2O. The van der Waals surface area contributed by atoms with E-state index >= 15 is 0 Å². The summed E-state index contributed by atoms with van der Waals surface area (Å²) in [5.41, 5.74) is 1.46. The predicted molar refractivity (Wildman–Crippen MR) is 141 cm³/mol. The first-order valence-corrected chi connectivity index (χ1v) is 17.1. The van der Waals surface area contributed by atoms with Gasteiger partial charge in [0, 0.05) is 12.7 Å². The van der Waals surface area contributed by atoms with Crippen LogP contribution >= 0.6 is 37.1 Å². The number of hydrogen-bond acceptors (Lipinski definition) is 13. The van der Waals surface area contributed by atoms with Crippen LogP contribution in [0, 0.1) is 0 Å². The number of aliphatic hydroxyl groups excluding tert-OH is 2. The zero-order valence-corrected chi connectivity index (χ0v) is 24.2. The van der Waals surface area contributed by atoms with Gasteiger partial charge in [0.25, 0.3) is 0 Å². The molecule has 6 heterocycles. The number of alkyl halides is 1. The summed E-state index contributed by atoms with van der Waals surface area (Å²) < 4.78 is 46.6. The molecule has 3 saturated heterocycles. The minimum absolute atomic E-state index is 0.388. The Bertz CT molecular complexity index is 1320. The number of nitrogens with zero attached hydrogens (tertiary/aromatic N) is 3. The van der Waals surface area contributed by atoms with Gasteiger partial charge in [0.2, 0.25) is 0 Å². The Kier molecular flexibility index (Phi) is 7.66. The summed E-state index contributed by atoms with van der Waals surface area (Å²) in [6.45, 7) is -4.22. The normalized spacial score (nSPS) is 43.9. The van der Waals surface area contributed by atoms with Gasteiger partial charge in [-0.2, -0.15) is 0 Å². The number of aromatic nitrogens is 3. The third kappa shape index (κ3) is 5.20. The molecule has 0 radical (unpaired) electrons. The summed E-state index contributed by atoms with van der Waals surface area (Å²) in [5.74, 6) is 0.668. The Labute approximate surface area is 234 Å². The first kappa shape index (κ1) is 27.8. The third-order valence-corrected chi connectivity index (χ3v) is 10.3. The number of anilines is 1. The molecular formula is C19H25IN4O11P2S. The van der Waals surface area contributed by atoms with E-state index in [0.29, 0.717) is 11.5 Å². The second-order valence-corrected chi connectivity index (χ2v) is 14.7. The van der Waals surface area contributed by atoms with Crippen molar-refractivity contribution in [3.8, 4) is 0 Å². The van der Waals surface area contributed by atoms with Crippen LogP contribution in [0.4, 0.5) is 5.82 Å². The van der Waals surface area contributed by atoms with E-state index in [9.17, 15) is 24.6 Å². The summed E-state index contributed by atoms with van der Waals surface area (Å²) in [6, 6.07) is 0. The van der Waals surface area contributed by atoms with E-state index in [-0.39, 0.29) is 6.61 Å². The summed E-state index contributed by atoms with van der Waals surface area (Å²) >= 11 is 6.96. The lowest BCUT2D eigenvalue weighted by Crippen LogP contribution is -2.36. The smallest absolute Gasteiger partial charge is 0.387 e. The highest BCUT2D eigenvalue weighted by molar-refractivity contribution is 14.1. The molecule has 2 aromatic rings. The minimum atomic E-state index is -4.73. The molecule has 4 aliphatic rings. The van der Waals surface area contributed by atoms with Crippen LogP contribution in [0.5, 0.6) is 0 Å². The number of aryl methyl sites for hydroxylation is 1. The molecule has 210 valence electrons. The van der Waals surface area contributed by atoms with Crippen LogP contribution < -0.4 is 5.32 Å². The van der Waals surface area contributed by atoms with E-state index in [1.54, 1.807) is 27.2 Å². The lowest BCUT2D eigenvalue weighted by Gasteiger charge is -2.26. The maximum absolute atomic E-state index is 12.7. The molecule has 0 spiro atoms. The molecule has 0 aromatic carbocycles. The van der Waals surface area contributed by atoms with E-state index < -0.39 is 68.1 Å². The lowest BCUT2D eigenvalue weighted by atomic mass is 10.1. The number of nitrogens with one attached hydrogen (secondary N) is 1. The van der Waals surface area contributed by atoms with Gasteiger partial charge in [-0.15, -0.1) is 0 Å². The number of halogens is 1. The van der Waals surface area contributed by atoms with Crippen molar-refractivity contribution < 1.29 is 52.1 Å². The molecule has 2 bridgehead atoms. The standard InChI is InChI=1S/C19H25IN4O11P2S/c20-16-15-12(25)9(32-16)5-31-37(29,38)35-14-10(6-30-36(27,28)34-15)33-19(13(14)26)24-4-8-2-1-3-21-17-11(8)18(24)23-7-22-17/h4,7,9-10,12-16,19,25-26H,1-3,5-6H2,(H,27,28)(H,29,38)(H,21,22,23)/t9-,10-,12-,13-,14-,15-,16-,19-,37?/m1/s1. The molecule has 2 aromatic heterocycles. The monoisotopic (exact) mass is 706 g/mol. The maximum atomic E-state index is 12.7. The van der Waals surface area contributed by atoms with Crippen molar-refractivity contribution in [2.24, 2.45) is 0 Å². The molecule has 19 heteroatoms. The summed E-state index contributed by atoms with van der Waals surface area (Å²) in [5, 5.41) is 25.9. The van der Waals surface area contributed by atoms with Gasteiger partial charge in [0.1, 0.15) is 58.5 Å². The van der Waals surface area contributed by atoms with Crippen LogP contribution in [-0.2, 0) is 50.4 Å². The fraction of sp³-hybridized carbons (Fsp3) is 0.684. The fourth-order valence-corrected chi connectivity index (χ4v) is 8.59. The number of aliphatic hydroxyl groups is 2. The molecule has 0 aliphatic carbocycles. The Morgan fingerprint density at radius 1 is 1.08 bits per heavy atom. The van der Waals surface area contributed by atoms with Crippen LogP contribution in [0.3, 0.4) is 0 Å². The summed E-state index contributed by atoms with van der Waals surface area (Å²) in [4.78, 5) is 29.9. The van der Waals surface area contributed by atoms with Gasteiger partial charge in [-0.3, -0.25) is 13.6 Å². The Hall–Kier alpha value is -0.370. The van der Waals surface area contributed by atoms with Crippen molar-refractivity contribution in [3.63, 3.8) is 0 Å². The molecule has 15 nitrogen and oxygen atoms in total. The molecule has 6 rings (SSSR count). The molecule has 0 saturated carbocycles. The molecule has 0 amide bonds. The topological polar surface area (TPSA) is 196 Å². The molecule has 4 aliphatic heterocycles. The van der Waals surface area contributed by atoms with Crippen molar-refractivity contribution in [2.75, 3.05) is 25.1 Å². The second-order valence-electron chi connectivity index (χ2n) is 9.25. The Morgan fingerprint density at radius 2 is 1.87 bits per heavy atom. The lowest BCUT2D eigenvalue weighted by molar-refractivity contribution is -0.0532. The molecule has 3 fully saturated rings. The largest absolute Gasteiger partial charge is 0.472 e. The van der Waals surface area contributed by atoms with Gasteiger partial charge in [-0.25, -0.2) is 14.5 Å². The van der Waals surface area contributed by atoms with Crippen molar-refractivity contribution in [2.45, 2.75) is 59.8 Å². The van der Waals surface area contributed by atoms with Gasteiger partial charge in [-0.05, 0) is 52.8 Å². The Morgan fingerprint density at radius 3 is 2.68 bits per heavy atom. The van der Waals surface area contributed by atoms with Crippen molar-refractivity contribution >= 4 is 65.8 Å². The quantitative estimate of drug-likeness (QED) is 0.158. The van der Waals surface area contributed by atoms with E-state index in [1.165, 1.54) is 6.33 Å². The molecule has 10 atom stereocenters. The van der Waals surface area contributed by atoms with Gasteiger partial charge in [0.15, 0.2) is 6.23 Å². The van der Waals surface area contributed by atoms with Crippen molar-refractivity contribution in [1.29, 1.82) is 0 Å². The number of phosphoric ester groups is 1. The molecular weight excluding hydrogens is 681 g/mol. The zero-order valence-electron chi connectivity index (χ0n) is 19.5. The number of rotatable bonds is 1. The van der Waals surface area contributed by atoms with E-state index in [0.717, 1.165) is 30.3 Å². The minimum Gasteiger partial charge on any atom is -0.387 e. The van der Waals surface area contributed by atoms with E-state index in [1.807, 2.05) is 6.20 Å². The van der Waals surface area contributed by atoms with Gasteiger partial charge in [0.05, 0.1) is 18.6 Å². The van der Waals surface area contributed by atoms with Crippen LogP contribution in [0.25, 0.3) is 11.0 Å². The molecule has 2 unspecified atom stereocenters. The first-order valence-electron chi connectivity index (χ1n) is 11.7. The first-order chi connectivity index (χ1) is 18.0. The number of ether oxygens (including phenoxy) is 2. The third-order valence-electron chi connectivity index (χ3n) is 6.78. The van der Waals surface area contributed by atoms with Crippen molar-refractivity contribution in [1.82, 2.24) is 14.5 Å². The molecule has 5 N–H and O–H groups in total. The van der Waals surface area contributed by atoms with Crippen LogP contribution in [0.1, 0.15) is 18.2 Å². The van der Waals surface area contributed by atoms with Crippen molar-refractivity contribution in [3.05, 3.63) is 18.1 Å². The van der Waals surface area contributed by atoms with Crippen LogP contribution in [0.2, 0.25) is 0 Å². The zero-order chi connectivity index (χ0) is 26.8. The van der Waals surface area contributed by atoms with E-state index in [4.69, 9.17) is 39.4 Å². The summed E-state index contributed by atoms with van der Waals surface area (Å²) in [6.07, 6.45) is -3.77. The predicted octanol–water partition coefficient (Wildman–Crippen LogP) is 0.703. The van der Waals surface area contributed by atoms with Gasteiger partial charge >= 0.3 is 14.5 Å². The number of phosphoric acid groups is 1. The highest BCUT2D eigenvalue weighted by Gasteiger charge is 2.52. The highest BCUT2D eigenvalue weighted by Crippen LogP contribution is 2.53. The van der Waals surface area contributed by atoms with Crippen LogP contribution in [0.15, 0.2) is 12.5 Å². The summed E-state index contributed by atoms with van der Waals surface area (Å²) in [7, 11) is -4.73. The average Bonchev–Trinajstić information content (AvgIpc) is 3.39. The fourth-order valence-electron chi connectivity index (χ4n) is 5.02. The Balaban J connectivity index is 1.33. The average molecular weight is 706 g/mol. The second kappa shape index (κ2) is 10.5. The van der Waals surface area contributed by atoms with Crippen LogP contribution in [-0.4, -0.2) is 95.0 Å². The highest BCUT2D eigenvalue weighted by atomic mass is 127. The number of hydrogen-bond donors (Lipinski definition) is 5. The molecule has 38 heavy (non-hydrogen) atoms. The van der Waals surface area contributed by atoms with Gasteiger partial charge in [-0.1, -0.05) is 0 Å². The van der Waals surface area contributed by atoms with Gasteiger partial charge < -0.3 is 43.9 Å².